The molecule has 0 aliphatic rings. The largest absolute Gasteiger partial charge is 0.464 e. The van der Waals surface area contributed by atoms with Crippen molar-refractivity contribution < 1.29 is 28.6 Å². The summed E-state index contributed by atoms with van der Waals surface area (Å²) in [5.74, 6) is -1.09. The lowest BCUT2D eigenvalue weighted by atomic mass is 9.88. The molecule has 9 heteroatoms. The number of thioether (sulfide) groups is 1. The summed E-state index contributed by atoms with van der Waals surface area (Å²) >= 11 is 8.56. The van der Waals surface area contributed by atoms with Crippen molar-refractivity contribution in [3.63, 3.8) is 0 Å². The van der Waals surface area contributed by atoms with Crippen molar-refractivity contribution in [1.29, 1.82) is 0 Å². The van der Waals surface area contributed by atoms with Crippen LogP contribution in [-0.4, -0.2) is 54.8 Å². The molecule has 0 aromatic rings. The second-order valence-electron chi connectivity index (χ2n) is 4.23. The van der Waals surface area contributed by atoms with Gasteiger partial charge in [0.2, 0.25) is 0 Å². The van der Waals surface area contributed by atoms with E-state index in [2.05, 4.69) is 25.3 Å². The molecule has 0 aliphatic carbocycles. The van der Waals surface area contributed by atoms with E-state index in [-0.39, 0.29) is 31.3 Å². The maximum atomic E-state index is 11.3. The summed E-state index contributed by atoms with van der Waals surface area (Å²) in [5, 5.41) is -0.450. The molecule has 0 unspecified atom stereocenters. The highest BCUT2D eigenvalue weighted by molar-refractivity contribution is 8.12. The molecule has 0 amide bonds. The predicted octanol–water partition coefficient (Wildman–Crippen LogP) is 1.83. The summed E-state index contributed by atoms with van der Waals surface area (Å²) in [7, 11) is 0. The summed E-state index contributed by atoms with van der Waals surface area (Å²) in [5.41, 5.74) is -0.775. The van der Waals surface area contributed by atoms with E-state index in [1.165, 1.54) is 0 Å². The Hall–Kier alpha value is -0.540. The first-order chi connectivity index (χ1) is 9.92. The van der Waals surface area contributed by atoms with Gasteiger partial charge in [-0.2, -0.15) is 25.3 Å². The number of hydrogen-bond donors (Lipinski definition) is 2. The number of carbonyl (C=O) groups excluding carboxylic acids is 3. The van der Waals surface area contributed by atoms with Crippen LogP contribution in [0.5, 0.6) is 0 Å². The lowest BCUT2D eigenvalue weighted by molar-refractivity contribution is -0.153. The molecule has 0 radical (unpaired) electrons. The zero-order valence-corrected chi connectivity index (χ0v) is 14.6. The highest BCUT2D eigenvalue weighted by atomic mass is 32.2. The number of thiol groups is 2. The van der Waals surface area contributed by atoms with Gasteiger partial charge in [0.15, 0.2) is 0 Å². The minimum atomic E-state index is -0.775. The van der Waals surface area contributed by atoms with E-state index in [4.69, 9.17) is 14.2 Å². The van der Waals surface area contributed by atoms with E-state index < -0.39 is 22.7 Å². The van der Waals surface area contributed by atoms with Crippen molar-refractivity contribution >= 4 is 54.3 Å². The molecule has 0 rings (SSSR count). The molecule has 0 N–H and O–H groups in total. The maximum Gasteiger partial charge on any atom is 0.367 e. The van der Waals surface area contributed by atoms with E-state index in [0.717, 1.165) is 11.8 Å². The average Bonchev–Trinajstić information content (AvgIpc) is 2.53. The Morgan fingerprint density at radius 2 is 1.38 bits per heavy atom. The lowest BCUT2D eigenvalue weighted by Gasteiger charge is -2.30. The van der Waals surface area contributed by atoms with Gasteiger partial charge in [-0.1, -0.05) is 6.92 Å². The Bertz CT molecular complexity index is 311. The second-order valence-corrected chi connectivity index (χ2v) is 5.61. The van der Waals surface area contributed by atoms with Crippen LogP contribution in [0.1, 0.15) is 13.3 Å². The quantitative estimate of drug-likeness (QED) is 0.371. The molecule has 0 aliphatic heterocycles. The number of ether oxygens (including phenoxy) is 3. The number of hydrogen-bond acceptors (Lipinski definition) is 9. The van der Waals surface area contributed by atoms with Crippen molar-refractivity contribution in [2.24, 2.45) is 5.41 Å². The van der Waals surface area contributed by atoms with E-state index in [0.29, 0.717) is 6.42 Å². The molecule has 0 fully saturated rings. The molecule has 0 spiro atoms. The molecule has 0 aromatic carbocycles. The lowest BCUT2D eigenvalue weighted by Crippen LogP contribution is -2.39. The van der Waals surface area contributed by atoms with Crippen LogP contribution in [-0.2, 0) is 23.8 Å². The monoisotopic (exact) mass is 356 g/mol. The second kappa shape index (κ2) is 11.1. The van der Waals surface area contributed by atoms with Crippen LogP contribution in [0.15, 0.2) is 0 Å². The minimum Gasteiger partial charge on any atom is -0.464 e. The Morgan fingerprint density at radius 1 is 0.952 bits per heavy atom. The fraction of sp³-hybridized carbons (Fsp3) is 0.750. The van der Waals surface area contributed by atoms with Crippen LogP contribution in [0.3, 0.4) is 0 Å². The summed E-state index contributed by atoms with van der Waals surface area (Å²) < 4.78 is 15.2. The van der Waals surface area contributed by atoms with E-state index in [9.17, 15) is 14.4 Å². The molecular formula is C12H20O6S3. The molecule has 0 heterocycles. The summed E-state index contributed by atoms with van der Waals surface area (Å²) in [6, 6.07) is 0. The first-order valence-corrected chi connectivity index (χ1v) is 8.65. The third-order valence-electron chi connectivity index (χ3n) is 2.75. The average molecular weight is 356 g/mol. The Balaban J connectivity index is 4.76. The van der Waals surface area contributed by atoms with Crippen molar-refractivity contribution in [1.82, 2.24) is 0 Å². The van der Waals surface area contributed by atoms with E-state index in [1.54, 1.807) is 6.26 Å². The zero-order valence-electron chi connectivity index (χ0n) is 12.0. The van der Waals surface area contributed by atoms with Crippen molar-refractivity contribution in [3.8, 4) is 0 Å². The van der Waals surface area contributed by atoms with E-state index in [1.807, 2.05) is 6.92 Å². The topological polar surface area (TPSA) is 78.9 Å². The standard InChI is InChI=1S/C12H20O6S3/c1-3-12(6-16-9(13)4-19,7-17-10(14)5-20)8-18-11(15)21-2/h19-20H,3-8H2,1-2H3. The smallest absolute Gasteiger partial charge is 0.367 e. The molecule has 0 bridgehead atoms. The van der Waals surface area contributed by atoms with Crippen LogP contribution < -0.4 is 0 Å². The number of esters is 2. The fourth-order valence-electron chi connectivity index (χ4n) is 1.26. The normalized spacial score (nSPS) is 10.9. The van der Waals surface area contributed by atoms with Gasteiger partial charge < -0.3 is 14.2 Å². The molecule has 122 valence electrons. The molecule has 21 heavy (non-hydrogen) atoms. The molecule has 0 atom stereocenters. The Kier molecular flexibility index (Phi) is 10.8. The van der Waals surface area contributed by atoms with Gasteiger partial charge in [0, 0.05) is 0 Å². The first kappa shape index (κ1) is 20.5. The molecule has 0 saturated carbocycles. The van der Waals surface area contributed by atoms with Crippen LogP contribution in [0.4, 0.5) is 4.79 Å². The molecular weight excluding hydrogens is 336 g/mol. The molecule has 0 aromatic heterocycles. The number of rotatable bonds is 9. The number of carbonyl (C=O) groups is 3. The van der Waals surface area contributed by atoms with Gasteiger partial charge >= 0.3 is 17.2 Å². The SMILES string of the molecule is CCC(COC(=O)CS)(COC(=O)CS)COC(=O)SC. The molecule has 0 saturated heterocycles. The van der Waals surface area contributed by atoms with Crippen LogP contribution in [0.25, 0.3) is 0 Å². The third kappa shape index (κ3) is 8.47. The van der Waals surface area contributed by atoms with Gasteiger partial charge in [0.1, 0.15) is 19.8 Å². The van der Waals surface area contributed by atoms with Crippen LogP contribution in [0, 0.1) is 5.41 Å². The highest BCUT2D eigenvalue weighted by Crippen LogP contribution is 2.25. The van der Waals surface area contributed by atoms with Crippen LogP contribution in [0.2, 0.25) is 0 Å². The first-order valence-electron chi connectivity index (χ1n) is 6.16. The maximum absolute atomic E-state index is 11.3. The van der Waals surface area contributed by atoms with Gasteiger partial charge in [-0.3, -0.25) is 9.59 Å². The fourth-order valence-corrected chi connectivity index (χ4v) is 1.62. The van der Waals surface area contributed by atoms with Gasteiger partial charge in [-0.15, -0.1) is 0 Å². The predicted molar refractivity (Wildman–Crippen MR) is 87.2 cm³/mol. The van der Waals surface area contributed by atoms with Crippen molar-refractivity contribution in [2.45, 2.75) is 13.3 Å². The van der Waals surface area contributed by atoms with Crippen molar-refractivity contribution in [3.05, 3.63) is 0 Å². The van der Waals surface area contributed by atoms with E-state index >= 15 is 0 Å². The summed E-state index contributed by atoms with van der Waals surface area (Å²) in [6.45, 7) is 1.77. The summed E-state index contributed by atoms with van der Waals surface area (Å²) in [4.78, 5) is 33.7. The minimum absolute atomic E-state index is 0.0110. The van der Waals surface area contributed by atoms with Gasteiger partial charge in [0.25, 0.3) is 0 Å². The highest BCUT2D eigenvalue weighted by Gasteiger charge is 2.34. The van der Waals surface area contributed by atoms with Crippen molar-refractivity contribution in [2.75, 3.05) is 37.6 Å². The van der Waals surface area contributed by atoms with Gasteiger partial charge in [0.05, 0.1) is 16.9 Å². The van der Waals surface area contributed by atoms with Gasteiger partial charge in [-0.05, 0) is 24.4 Å². The molecule has 6 nitrogen and oxygen atoms in total. The van der Waals surface area contributed by atoms with Gasteiger partial charge in [-0.25, -0.2) is 4.79 Å². The summed E-state index contributed by atoms with van der Waals surface area (Å²) in [6.07, 6.45) is 2.09. The Morgan fingerprint density at radius 3 is 1.71 bits per heavy atom. The van der Waals surface area contributed by atoms with Crippen LogP contribution >= 0.6 is 37.0 Å². The third-order valence-corrected chi connectivity index (χ3v) is 3.72. The Labute approximate surface area is 139 Å². The zero-order chi connectivity index (χ0) is 16.3.